The van der Waals surface area contributed by atoms with Crippen molar-refractivity contribution in [3.05, 3.63) is 75.6 Å². The Kier molecular flexibility index (Phi) is 4.14. The smallest absolute Gasteiger partial charge is 0.335 e. The molecule has 0 amide bonds. The minimum Gasteiger partial charge on any atom is -0.478 e. The van der Waals surface area contributed by atoms with Crippen LogP contribution in [0.4, 0.5) is 4.39 Å². The van der Waals surface area contributed by atoms with Crippen molar-refractivity contribution < 1.29 is 14.3 Å². The third-order valence-electron chi connectivity index (χ3n) is 3.32. The molecule has 0 unspecified atom stereocenters. The van der Waals surface area contributed by atoms with Gasteiger partial charge in [0.2, 0.25) is 0 Å². The topological polar surface area (TPSA) is 83.0 Å². The molecule has 0 aliphatic rings. The van der Waals surface area contributed by atoms with Gasteiger partial charge in [0, 0.05) is 0 Å². The number of rotatable bonds is 3. The van der Waals surface area contributed by atoms with Crippen LogP contribution in [0.5, 0.6) is 0 Å². The highest BCUT2D eigenvalue weighted by Crippen LogP contribution is 2.20. The van der Waals surface area contributed by atoms with E-state index < -0.39 is 17.3 Å². The standard InChI is InChI=1S/C17H10ClFN2O3/c18-13(7-9-2-1-3-11(19)6-9)15-20-14-8-10(17(23)24)4-5-12(14)16(22)21-15/h1-8H,(H,23,24)(H,20,21,22). The Morgan fingerprint density at radius 3 is 2.75 bits per heavy atom. The molecule has 1 heterocycles. The van der Waals surface area contributed by atoms with Gasteiger partial charge >= 0.3 is 5.97 Å². The third-order valence-corrected chi connectivity index (χ3v) is 3.61. The number of nitrogens with zero attached hydrogens (tertiary/aromatic N) is 1. The average Bonchev–Trinajstić information content (AvgIpc) is 2.54. The summed E-state index contributed by atoms with van der Waals surface area (Å²) in [4.78, 5) is 29.8. The van der Waals surface area contributed by atoms with Gasteiger partial charge in [-0.05, 0) is 42.0 Å². The molecule has 0 saturated carbocycles. The maximum absolute atomic E-state index is 13.2. The average molecular weight is 345 g/mol. The van der Waals surface area contributed by atoms with Crippen LogP contribution < -0.4 is 5.56 Å². The van der Waals surface area contributed by atoms with Crippen molar-refractivity contribution in [1.29, 1.82) is 0 Å². The molecular formula is C17H10ClFN2O3. The monoisotopic (exact) mass is 344 g/mol. The fourth-order valence-corrected chi connectivity index (χ4v) is 2.41. The Morgan fingerprint density at radius 1 is 1.25 bits per heavy atom. The number of halogens is 2. The zero-order valence-electron chi connectivity index (χ0n) is 12.1. The summed E-state index contributed by atoms with van der Waals surface area (Å²) in [5.74, 6) is -1.47. The molecule has 7 heteroatoms. The van der Waals surface area contributed by atoms with Crippen LogP contribution in [0.1, 0.15) is 21.7 Å². The Balaban J connectivity index is 2.12. The van der Waals surface area contributed by atoms with E-state index in [4.69, 9.17) is 16.7 Å². The van der Waals surface area contributed by atoms with Crippen molar-refractivity contribution in [2.75, 3.05) is 0 Å². The Morgan fingerprint density at radius 2 is 2.04 bits per heavy atom. The molecule has 0 aliphatic carbocycles. The van der Waals surface area contributed by atoms with Crippen LogP contribution >= 0.6 is 11.6 Å². The van der Waals surface area contributed by atoms with Gasteiger partial charge in [0.1, 0.15) is 5.82 Å². The van der Waals surface area contributed by atoms with Crippen LogP contribution in [0.2, 0.25) is 0 Å². The van der Waals surface area contributed by atoms with Gasteiger partial charge in [0.15, 0.2) is 5.82 Å². The molecule has 2 aromatic carbocycles. The van der Waals surface area contributed by atoms with Gasteiger partial charge in [0.25, 0.3) is 5.56 Å². The van der Waals surface area contributed by atoms with Gasteiger partial charge in [-0.1, -0.05) is 23.7 Å². The predicted molar refractivity (Wildman–Crippen MR) is 89.4 cm³/mol. The molecule has 0 aliphatic heterocycles. The summed E-state index contributed by atoms with van der Waals surface area (Å²) in [6.07, 6.45) is 1.45. The summed E-state index contributed by atoms with van der Waals surface area (Å²) < 4.78 is 13.2. The number of carboxylic acid groups (broad SMARTS) is 1. The van der Waals surface area contributed by atoms with E-state index in [0.29, 0.717) is 5.56 Å². The lowest BCUT2D eigenvalue weighted by molar-refractivity contribution is 0.0697. The second-order valence-corrected chi connectivity index (χ2v) is 5.41. The summed E-state index contributed by atoms with van der Waals surface area (Å²) in [6.45, 7) is 0. The normalized spacial score (nSPS) is 11.7. The molecule has 1 aromatic heterocycles. The van der Waals surface area contributed by atoms with Crippen LogP contribution in [-0.4, -0.2) is 21.0 Å². The van der Waals surface area contributed by atoms with Gasteiger partial charge in [-0.25, -0.2) is 14.2 Å². The lowest BCUT2D eigenvalue weighted by Crippen LogP contribution is -2.11. The molecule has 3 aromatic rings. The van der Waals surface area contributed by atoms with E-state index in [9.17, 15) is 14.0 Å². The number of carbonyl (C=O) groups is 1. The van der Waals surface area contributed by atoms with Gasteiger partial charge in [-0.15, -0.1) is 0 Å². The van der Waals surface area contributed by atoms with Crippen molar-refractivity contribution in [2.24, 2.45) is 0 Å². The van der Waals surface area contributed by atoms with Crippen LogP contribution in [-0.2, 0) is 0 Å². The summed E-state index contributed by atoms with van der Waals surface area (Å²) in [5.41, 5.74) is 0.274. The largest absolute Gasteiger partial charge is 0.478 e. The molecule has 5 nitrogen and oxygen atoms in total. The lowest BCUT2D eigenvalue weighted by atomic mass is 10.1. The second-order valence-electron chi connectivity index (χ2n) is 5.00. The molecule has 120 valence electrons. The number of aromatic nitrogens is 2. The van der Waals surface area contributed by atoms with E-state index >= 15 is 0 Å². The molecule has 0 fully saturated rings. The third kappa shape index (κ3) is 3.18. The molecule has 0 atom stereocenters. The minimum absolute atomic E-state index is 0.0109. The molecule has 0 bridgehead atoms. The van der Waals surface area contributed by atoms with Gasteiger partial charge in [-0.3, -0.25) is 4.79 Å². The molecule has 2 N–H and O–H groups in total. The van der Waals surface area contributed by atoms with Crippen LogP contribution in [0, 0.1) is 5.82 Å². The van der Waals surface area contributed by atoms with E-state index in [1.807, 2.05) is 0 Å². The number of H-pyrrole nitrogens is 1. The molecule has 24 heavy (non-hydrogen) atoms. The first-order valence-electron chi connectivity index (χ1n) is 6.84. The quantitative estimate of drug-likeness (QED) is 0.761. The maximum Gasteiger partial charge on any atom is 0.335 e. The SMILES string of the molecule is O=C(O)c1ccc2c(=O)[nH]c(C(Cl)=Cc3cccc(F)c3)nc2c1. The summed E-state index contributed by atoms with van der Waals surface area (Å²) >= 11 is 6.16. The van der Waals surface area contributed by atoms with Crippen LogP contribution in [0.15, 0.2) is 47.3 Å². The number of aromatic amines is 1. The maximum atomic E-state index is 13.2. The van der Waals surface area contributed by atoms with Gasteiger partial charge < -0.3 is 10.1 Å². The van der Waals surface area contributed by atoms with E-state index in [1.165, 1.54) is 42.5 Å². The molecule has 0 saturated heterocycles. The van der Waals surface area contributed by atoms with Crippen LogP contribution in [0.25, 0.3) is 22.0 Å². The number of aromatic carboxylic acids is 1. The van der Waals surface area contributed by atoms with Crippen molar-refractivity contribution in [3.63, 3.8) is 0 Å². The summed E-state index contributed by atoms with van der Waals surface area (Å²) in [6, 6.07) is 9.76. The Bertz CT molecular complexity index is 1040. The zero-order chi connectivity index (χ0) is 17.3. The summed E-state index contributed by atoms with van der Waals surface area (Å²) in [5, 5.41) is 9.37. The highest BCUT2D eigenvalue weighted by Gasteiger charge is 2.10. The van der Waals surface area contributed by atoms with Crippen LogP contribution in [0.3, 0.4) is 0 Å². The Hall–Kier alpha value is -2.99. The lowest BCUT2D eigenvalue weighted by Gasteiger charge is -2.03. The highest BCUT2D eigenvalue weighted by atomic mass is 35.5. The van der Waals surface area contributed by atoms with Crippen molar-refractivity contribution in [1.82, 2.24) is 9.97 Å². The van der Waals surface area contributed by atoms with Crippen molar-refractivity contribution in [2.45, 2.75) is 0 Å². The Labute approximate surface area is 140 Å². The minimum atomic E-state index is -1.12. The highest BCUT2D eigenvalue weighted by molar-refractivity contribution is 6.50. The summed E-state index contributed by atoms with van der Waals surface area (Å²) in [7, 11) is 0. The fourth-order valence-electron chi connectivity index (χ4n) is 2.20. The first-order valence-corrected chi connectivity index (χ1v) is 7.22. The first-order chi connectivity index (χ1) is 11.4. The number of fused-ring (bicyclic) bond motifs is 1. The number of hydrogen-bond donors (Lipinski definition) is 2. The molecule has 0 spiro atoms. The van der Waals surface area contributed by atoms with E-state index in [-0.39, 0.29) is 27.3 Å². The van der Waals surface area contributed by atoms with E-state index in [0.717, 1.165) is 0 Å². The predicted octanol–water partition coefficient (Wildman–Crippen LogP) is 3.50. The second kappa shape index (κ2) is 6.25. The number of hydrogen-bond acceptors (Lipinski definition) is 3. The molecule has 3 rings (SSSR count). The van der Waals surface area contributed by atoms with E-state index in [1.54, 1.807) is 6.07 Å². The van der Waals surface area contributed by atoms with Crippen molar-refractivity contribution >= 4 is 39.6 Å². The first kappa shape index (κ1) is 15.9. The number of nitrogens with one attached hydrogen (secondary N) is 1. The van der Waals surface area contributed by atoms with E-state index in [2.05, 4.69) is 9.97 Å². The molecular weight excluding hydrogens is 335 g/mol. The zero-order valence-corrected chi connectivity index (χ0v) is 12.8. The molecule has 0 radical (unpaired) electrons. The number of benzene rings is 2. The van der Waals surface area contributed by atoms with Gasteiger partial charge in [-0.2, -0.15) is 0 Å². The fraction of sp³-hybridized carbons (Fsp3) is 0. The van der Waals surface area contributed by atoms with Gasteiger partial charge in [0.05, 0.1) is 21.5 Å². The number of carboxylic acids is 1. The van der Waals surface area contributed by atoms with Crippen molar-refractivity contribution in [3.8, 4) is 0 Å².